The van der Waals surface area contributed by atoms with Crippen LogP contribution in [0.15, 0.2) is 12.1 Å². The van der Waals surface area contributed by atoms with Crippen LogP contribution in [0.3, 0.4) is 0 Å². The molecule has 0 aliphatic carbocycles. The van der Waals surface area contributed by atoms with Gasteiger partial charge in [-0.2, -0.15) is 13.2 Å². The molecule has 108 valence electrons. The van der Waals surface area contributed by atoms with Gasteiger partial charge in [0, 0.05) is 10.9 Å². The lowest BCUT2D eigenvalue weighted by atomic mass is 10.1. The Balaban J connectivity index is 2.63. The largest absolute Gasteiger partial charge is 0.507 e. The molecule has 4 nitrogen and oxygen atoms in total. The summed E-state index contributed by atoms with van der Waals surface area (Å²) < 4.78 is 42.9. The number of fused-ring (bicyclic) bond motifs is 1. The van der Waals surface area contributed by atoms with Crippen LogP contribution in [0.1, 0.15) is 28.5 Å². The molecule has 2 rings (SSSR count). The number of esters is 1. The Labute approximate surface area is 112 Å². The number of carbonyl (C=O) groups excluding carboxylic acids is 1. The maximum atomic E-state index is 12.7. The second kappa shape index (κ2) is 4.73. The number of hydrogen-bond acceptors (Lipinski definition) is 3. The van der Waals surface area contributed by atoms with Gasteiger partial charge in [0.2, 0.25) is 0 Å². The second-order valence-corrected chi connectivity index (χ2v) is 4.26. The number of carbonyl (C=O) groups is 1. The van der Waals surface area contributed by atoms with Gasteiger partial charge in [-0.1, -0.05) is 0 Å². The standard InChI is InChI=1S/C13H12F3NO3/c1-3-20-12(19)11-6(2)7-4-10(18)8(13(14,15)16)5-9(7)17-11/h4-5,17-18H,3H2,1-2H3. The summed E-state index contributed by atoms with van der Waals surface area (Å²) >= 11 is 0. The van der Waals surface area contributed by atoms with Gasteiger partial charge < -0.3 is 14.8 Å². The van der Waals surface area contributed by atoms with Gasteiger partial charge in [-0.15, -0.1) is 0 Å². The minimum atomic E-state index is -4.67. The minimum Gasteiger partial charge on any atom is -0.507 e. The van der Waals surface area contributed by atoms with Gasteiger partial charge in [0.05, 0.1) is 12.2 Å². The van der Waals surface area contributed by atoms with Crippen LogP contribution in [0.2, 0.25) is 0 Å². The zero-order chi connectivity index (χ0) is 15.1. The molecule has 0 radical (unpaired) electrons. The summed E-state index contributed by atoms with van der Waals surface area (Å²) in [5.74, 6) is -1.52. The summed E-state index contributed by atoms with van der Waals surface area (Å²) in [5.41, 5.74) is -0.514. The van der Waals surface area contributed by atoms with E-state index in [0.717, 1.165) is 12.1 Å². The zero-order valence-corrected chi connectivity index (χ0v) is 10.8. The molecule has 0 fully saturated rings. The van der Waals surface area contributed by atoms with Crippen molar-refractivity contribution in [1.29, 1.82) is 0 Å². The maximum absolute atomic E-state index is 12.7. The molecule has 0 atom stereocenters. The van der Waals surface area contributed by atoms with Crippen LogP contribution in [0.5, 0.6) is 5.75 Å². The van der Waals surface area contributed by atoms with Crippen molar-refractivity contribution in [2.24, 2.45) is 0 Å². The average molecular weight is 287 g/mol. The van der Waals surface area contributed by atoms with Gasteiger partial charge in [0.25, 0.3) is 0 Å². The predicted molar refractivity (Wildman–Crippen MR) is 65.7 cm³/mol. The summed E-state index contributed by atoms with van der Waals surface area (Å²) in [4.78, 5) is 14.3. The lowest BCUT2D eigenvalue weighted by Crippen LogP contribution is -2.06. The number of nitrogens with one attached hydrogen (secondary N) is 1. The molecular formula is C13H12F3NO3. The van der Waals surface area contributed by atoms with E-state index in [2.05, 4.69) is 4.98 Å². The number of alkyl halides is 3. The van der Waals surface area contributed by atoms with Gasteiger partial charge in [-0.25, -0.2) is 4.79 Å². The molecule has 7 heteroatoms. The van der Waals surface area contributed by atoms with E-state index in [1.165, 1.54) is 0 Å². The molecule has 20 heavy (non-hydrogen) atoms. The number of rotatable bonds is 2. The summed E-state index contributed by atoms with van der Waals surface area (Å²) in [6.07, 6.45) is -4.67. The lowest BCUT2D eigenvalue weighted by molar-refractivity contribution is -0.138. The van der Waals surface area contributed by atoms with E-state index < -0.39 is 23.5 Å². The smallest absolute Gasteiger partial charge is 0.420 e. The summed E-state index contributed by atoms with van der Waals surface area (Å²) in [5, 5.41) is 9.82. The number of aromatic amines is 1. The fourth-order valence-electron chi connectivity index (χ4n) is 2.00. The normalized spacial score (nSPS) is 11.8. The van der Waals surface area contributed by atoms with Crippen LogP contribution in [-0.2, 0) is 10.9 Å². The van der Waals surface area contributed by atoms with E-state index in [0.29, 0.717) is 10.9 Å². The molecule has 0 saturated heterocycles. The van der Waals surface area contributed by atoms with E-state index in [9.17, 15) is 23.1 Å². The monoisotopic (exact) mass is 287 g/mol. The number of phenolic OH excluding ortho intramolecular Hbond substituents is 1. The Morgan fingerprint density at radius 3 is 2.60 bits per heavy atom. The van der Waals surface area contributed by atoms with E-state index in [1.54, 1.807) is 13.8 Å². The van der Waals surface area contributed by atoms with E-state index >= 15 is 0 Å². The van der Waals surface area contributed by atoms with E-state index in [1.807, 2.05) is 0 Å². The molecule has 0 bridgehead atoms. The number of aromatic hydroxyl groups is 1. The molecule has 0 saturated carbocycles. The van der Waals surface area contributed by atoms with Crippen molar-refractivity contribution in [2.45, 2.75) is 20.0 Å². The van der Waals surface area contributed by atoms with Crippen LogP contribution in [0, 0.1) is 6.92 Å². The van der Waals surface area contributed by atoms with Gasteiger partial charge in [0.15, 0.2) is 0 Å². The fourth-order valence-corrected chi connectivity index (χ4v) is 2.00. The Morgan fingerprint density at radius 2 is 2.05 bits per heavy atom. The van der Waals surface area contributed by atoms with Gasteiger partial charge >= 0.3 is 12.1 Å². The first-order chi connectivity index (χ1) is 9.25. The van der Waals surface area contributed by atoms with Crippen molar-refractivity contribution in [2.75, 3.05) is 6.61 Å². The third-order valence-corrected chi connectivity index (χ3v) is 2.96. The molecule has 1 heterocycles. The Kier molecular flexibility index (Phi) is 3.37. The predicted octanol–water partition coefficient (Wildman–Crippen LogP) is 3.38. The van der Waals surface area contributed by atoms with Crippen molar-refractivity contribution >= 4 is 16.9 Å². The van der Waals surface area contributed by atoms with E-state index in [4.69, 9.17) is 4.74 Å². The zero-order valence-electron chi connectivity index (χ0n) is 10.8. The fraction of sp³-hybridized carbons (Fsp3) is 0.308. The van der Waals surface area contributed by atoms with Crippen LogP contribution in [0.4, 0.5) is 13.2 Å². The number of halogens is 3. The summed E-state index contributed by atoms with van der Waals surface area (Å²) in [7, 11) is 0. The molecule has 0 unspecified atom stereocenters. The number of hydrogen-bond donors (Lipinski definition) is 2. The number of benzene rings is 1. The highest BCUT2D eigenvalue weighted by molar-refractivity contribution is 5.98. The molecule has 0 spiro atoms. The molecular weight excluding hydrogens is 275 g/mol. The summed E-state index contributed by atoms with van der Waals surface area (Å²) in [6.45, 7) is 3.36. The Morgan fingerprint density at radius 1 is 1.40 bits per heavy atom. The van der Waals surface area contributed by atoms with Gasteiger partial charge in [0.1, 0.15) is 11.4 Å². The molecule has 0 aliphatic heterocycles. The highest BCUT2D eigenvalue weighted by Gasteiger charge is 2.34. The number of aromatic nitrogens is 1. The number of H-pyrrole nitrogens is 1. The quantitative estimate of drug-likeness (QED) is 0.832. The molecule has 0 aliphatic rings. The van der Waals surface area contributed by atoms with E-state index in [-0.39, 0.29) is 17.8 Å². The van der Waals surface area contributed by atoms with Crippen molar-refractivity contribution in [3.63, 3.8) is 0 Å². The maximum Gasteiger partial charge on any atom is 0.420 e. The lowest BCUT2D eigenvalue weighted by Gasteiger charge is -2.08. The highest BCUT2D eigenvalue weighted by atomic mass is 19.4. The molecule has 2 N–H and O–H groups in total. The SMILES string of the molecule is CCOC(=O)c1[nH]c2cc(C(F)(F)F)c(O)cc2c1C. The first-order valence-corrected chi connectivity index (χ1v) is 5.85. The molecule has 1 aromatic heterocycles. The van der Waals surface area contributed by atoms with Crippen molar-refractivity contribution in [1.82, 2.24) is 4.98 Å². The molecule has 2 aromatic rings. The van der Waals surface area contributed by atoms with Crippen LogP contribution >= 0.6 is 0 Å². The highest BCUT2D eigenvalue weighted by Crippen LogP contribution is 2.39. The first kappa shape index (κ1) is 14.2. The van der Waals surface area contributed by atoms with Gasteiger partial charge in [-0.3, -0.25) is 0 Å². The van der Waals surface area contributed by atoms with Crippen molar-refractivity contribution in [3.05, 3.63) is 29.0 Å². The molecule has 1 aromatic carbocycles. The van der Waals surface area contributed by atoms with Crippen LogP contribution in [0.25, 0.3) is 10.9 Å². The van der Waals surface area contributed by atoms with Crippen molar-refractivity contribution in [3.8, 4) is 5.75 Å². The third-order valence-electron chi connectivity index (χ3n) is 2.96. The minimum absolute atomic E-state index is 0.0839. The third kappa shape index (κ3) is 2.31. The average Bonchev–Trinajstić information content (AvgIpc) is 2.65. The topological polar surface area (TPSA) is 62.3 Å². The summed E-state index contributed by atoms with van der Waals surface area (Å²) in [6, 6.07) is 1.77. The van der Waals surface area contributed by atoms with Crippen molar-refractivity contribution < 1.29 is 27.8 Å². The van der Waals surface area contributed by atoms with Crippen LogP contribution < -0.4 is 0 Å². The van der Waals surface area contributed by atoms with Gasteiger partial charge in [-0.05, 0) is 31.5 Å². The Hall–Kier alpha value is -2.18. The second-order valence-electron chi connectivity index (χ2n) is 4.26. The van der Waals surface area contributed by atoms with Crippen LogP contribution in [-0.4, -0.2) is 22.7 Å². The number of phenols is 1. The molecule has 0 amide bonds. The Bertz CT molecular complexity index is 674. The number of aryl methyl sites for hydroxylation is 1. The first-order valence-electron chi connectivity index (χ1n) is 5.85. The number of ether oxygens (including phenoxy) is 1.